The van der Waals surface area contributed by atoms with Crippen molar-refractivity contribution in [1.82, 2.24) is 4.90 Å². The van der Waals surface area contributed by atoms with Crippen molar-refractivity contribution in [3.8, 4) is 0 Å². The standard InChI is InChI=1S/C21H17NO4S/c23-20-18-8-4-5-9-19(18)21(24)22(20)14-15-10-12-17(13-11-15)27(25,26)16-6-2-1-3-7-16/h1-4,6-8,10-13H,5,9,14H2. The molecule has 1 aliphatic carbocycles. The Kier molecular flexibility index (Phi) is 4.28. The second-order valence-corrected chi connectivity index (χ2v) is 8.44. The molecule has 27 heavy (non-hydrogen) atoms. The van der Waals surface area contributed by atoms with Gasteiger partial charge in [-0.2, -0.15) is 0 Å². The van der Waals surface area contributed by atoms with Gasteiger partial charge >= 0.3 is 0 Å². The number of carbonyl (C=O) groups is 2. The molecule has 0 bridgehead atoms. The molecule has 2 aliphatic rings. The van der Waals surface area contributed by atoms with Crippen LogP contribution in [-0.4, -0.2) is 25.1 Å². The number of allylic oxidation sites excluding steroid dienone is 1. The van der Waals surface area contributed by atoms with E-state index >= 15 is 0 Å². The van der Waals surface area contributed by atoms with Crippen molar-refractivity contribution in [2.24, 2.45) is 0 Å². The molecule has 1 aliphatic heterocycles. The highest BCUT2D eigenvalue weighted by Gasteiger charge is 2.37. The molecule has 136 valence electrons. The van der Waals surface area contributed by atoms with Crippen molar-refractivity contribution in [1.29, 1.82) is 0 Å². The third kappa shape index (κ3) is 3.02. The zero-order valence-electron chi connectivity index (χ0n) is 14.5. The summed E-state index contributed by atoms with van der Waals surface area (Å²) in [5, 5.41) is 0. The first-order valence-electron chi connectivity index (χ1n) is 8.63. The summed E-state index contributed by atoms with van der Waals surface area (Å²) < 4.78 is 25.3. The summed E-state index contributed by atoms with van der Waals surface area (Å²) in [6.45, 7) is 0.129. The second-order valence-electron chi connectivity index (χ2n) is 6.49. The van der Waals surface area contributed by atoms with E-state index < -0.39 is 9.84 Å². The third-order valence-corrected chi connectivity index (χ3v) is 6.56. The molecule has 6 heteroatoms. The van der Waals surface area contributed by atoms with E-state index in [1.807, 2.05) is 6.08 Å². The lowest BCUT2D eigenvalue weighted by Gasteiger charge is -2.15. The van der Waals surface area contributed by atoms with Gasteiger partial charge in [-0.1, -0.05) is 42.5 Å². The fourth-order valence-electron chi connectivity index (χ4n) is 3.32. The number of hydrogen-bond acceptors (Lipinski definition) is 4. The van der Waals surface area contributed by atoms with Crippen molar-refractivity contribution in [3.05, 3.63) is 83.5 Å². The zero-order chi connectivity index (χ0) is 19.0. The van der Waals surface area contributed by atoms with Gasteiger partial charge in [-0.05, 0) is 42.7 Å². The number of imide groups is 1. The number of sulfone groups is 1. The van der Waals surface area contributed by atoms with Crippen LogP contribution in [0.3, 0.4) is 0 Å². The van der Waals surface area contributed by atoms with Gasteiger partial charge in [0.1, 0.15) is 0 Å². The molecule has 5 nitrogen and oxygen atoms in total. The first-order valence-corrected chi connectivity index (χ1v) is 10.1. The summed E-state index contributed by atoms with van der Waals surface area (Å²) in [5.41, 5.74) is 1.76. The van der Waals surface area contributed by atoms with Crippen LogP contribution >= 0.6 is 0 Å². The molecule has 0 N–H and O–H groups in total. The SMILES string of the molecule is O=C1C2=C(CCC=C2)C(=O)N1Cc1ccc(S(=O)(=O)c2ccccc2)cc1. The molecule has 0 spiro atoms. The van der Waals surface area contributed by atoms with Crippen LogP contribution in [0.4, 0.5) is 0 Å². The lowest BCUT2D eigenvalue weighted by molar-refractivity contribution is -0.138. The molecule has 0 atom stereocenters. The molecule has 2 aromatic carbocycles. The molecule has 0 aromatic heterocycles. The van der Waals surface area contributed by atoms with Gasteiger partial charge < -0.3 is 0 Å². The normalized spacial score (nSPS) is 16.8. The van der Waals surface area contributed by atoms with Gasteiger partial charge in [-0.3, -0.25) is 14.5 Å². The molecular weight excluding hydrogens is 362 g/mol. The summed E-state index contributed by atoms with van der Waals surface area (Å²) in [6.07, 6.45) is 4.96. The summed E-state index contributed by atoms with van der Waals surface area (Å²) in [7, 11) is -3.59. The molecule has 2 amide bonds. The first kappa shape index (κ1) is 17.4. The number of rotatable bonds is 4. The molecule has 0 saturated carbocycles. The molecule has 1 heterocycles. The molecule has 0 fully saturated rings. The highest BCUT2D eigenvalue weighted by molar-refractivity contribution is 7.91. The molecule has 0 unspecified atom stereocenters. The van der Waals surface area contributed by atoms with Crippen molar-refractivity contribution in [2.75, 3.05) is 0 Å². The van der Waals surface area contributed by atoms with Gasteiger partial charge in [0.25, 0.3) is 11.8 Å². The van der Waals surface area contributed by atoms with Crippen molar-refractivity contribution >= 4 is 21.7 Å². The second kappa shape index (κ2) is 6.63. The number of carbonyl (C=O) groups excluding carboxylic acids is 2. The molecule has 4 rings (SSSR count). The maximum Gasteiger partial charge on any atom is 0.261 e. The van der Waals surface area contributed by atoms with Crippen LogP contribution in [-0.2, 0) is 26.0 Å². The average Bonchev–Trinajstić information content (AvgIpc) is 2.94. The van der Waals surface area contributed by atoms with Crippen LogP contribution in [0.2, 0.25) is 0 Å². The van der Waals surface area contributed by atoms with E-state index in [0.717, 1.165) is 6.42 Å². The minimum absolute atomic E-state index is 0.129. The van der Waals surface area contributed by atoms with Gasteiger partial charge in [0.15, 0.2) is 0 Å². The Bertz CT molecular complexity index is 1080. The Balaban J connectivity index is 1.55. The molecular formula is C21H17NO4S. The minimum atomic E-state index is -3.59. The van der Waals surface area contributed by atoms with Crippen LogP contribution in [0.25, 0.3) is 0 Å². The van der Waals surface area contributed by atoms with E-state index in [4.69, 9.17) is 0 Å². The number of hydrogen-bond donors (Lipinski definition) is 0. The maximum atomic E-state index is 12.6. The van der Waals surface area contributed by atoms with Crippen LogP contribution in [0.5, 0.6) is 0 Å². The van der Waals surface area contributed by atoms with Gasteiger partial charge in [0.2, 0.25) is 9.84 Å². The highest BCUT2D eigenvalue weighted by atomic mass is 32.2. The van der Waals surface area contributed by atoms with E-state index in [9.17, 15) is 18.0 Å². The fraction of sp³-hybridized carbons (Fsp3) is 0.143. The topological polar surface area (TPSA) is 71.5 Å². The minimum Gasteiger partial charge on any atom is -0.270 e. The Morgan fingerprint density at radius 1 is 0.852 bits per heavy atom. The highest BCUT2D eigenvalue weighted by Crippen LogP contribution is 2.30. The van der Waals surface area contributed by atoms with Crippen LogP contribution in [0, 0.1) is 0 Å². The lowest BCUT2D eigenvalue weighted by atomic mass is 10.00. The average molecular weight is 379 g/mol. The number of benzene rings is 2. The quantitative estimate of drug-likeness (QED) is 0.766. The smallest absolute Gasteiger partial charge is 0.261 e. The Morgan fingerprint density at radius 3 is 2.19 bits per heavy atom. The van der Waals surface area contributed by atoms with Crippen LogP contribution < -0.4 is 0 Å². The summed E-state index contributed by atoms with van der Waals surface area (Å²) >= 11 is 0. The van der Waals surface area contributed by atoms with Gasteiger partial charge in [-0.15, -0.1) is 0 Å². The third-order valence-electron chi connectivity index (χ3n) is 4.78. The molecule has 2 aromatic rings. The Labute approximate surface area is 157 Å². The zero-order valence-corrected chi connectivity index (χ0v) is 15.3. The van der Waals surface area contributed by atoms with Crippen molar-refractivity contribution in [3.63, 3.8) is 0 Å². The summed E-state index contributed by atoms with van der Waals surface area (Å²) in [4.78, 5) is 26.6. The van der Waals surface area contributed by atoms with Crippen LogP contribution in [0.15, 0.2) is 87.7 Å². The molecule has 0 radical (unpaired) electrons. The predicted molar refractivity (Wildman–Crippen MR) is 99.3 cm³/mol. The van der Waals surface area contributed by atoms with Gasteiger partial charge in [0, 0.05) is 11.1 Å². The Hall–Kier alpha value is -2.99. The molecule has 0 saturated heterocycles. The van der Waals surface area contributed by atoms with Crippen molar-refractivity contribution in [2.45, 2.75) is 29.2 Å². The number of nitrogens with zero attached hydrogens (tertiary/aromatic N) is 1. The van der Waals surface area contributed by atoms with E-state index in [1.54, 1.807) is 48.5 Å². The fourth-order valence-corrected chi connectivity index (χ4v) is 4.61. The summed E-state index contributed by atoms with van der Waals surface area (Å²) in [5.74, 6) is -0.535. The lowest BCUT2D eigenvalue weighted by Crippen LogP contribution is -2.31. The summed E-state index contributed by atoms with van der Waals surface area (Å²) in [6, 6.07) is 14.5. The van der Waals surface area contributed by atoms with Crippen LogP contribution in [0.1, 0.15) is 18.4 Å². The number of amides is 2. The maximum absolute atomic E-state index is 12.6. The predicted octanol–water partition coefficient (Wildman–Crippen LogP) is 3.03. The van der Waals surface area contributed by atoms with E-state index in [1.165, 1.54) is 17.0 Å². The van der Waals surface area contributed by atoms with E-state index in [0.29, 0.717) is 23.1 Å². The Morgan fingerprint density at radius 2 is 1.52 bits per heavy atom. The largest absolute Gasteiger partial charge is 0.270 e. The van der Waals surface area contributed by atoms with E-state index in [2.05, 4.69) is 0 Å². The first-order chi connectivity index (χ1) is 13.0. The van der Waals surface area contributed by atoms with E-state index in [-0.39, 0.29) is 28.2 Å². The monoisotopic (exact) mass is 379 g/mol. The van der Waals surface area contributed by atoms with Gasteiger partial charge in [0.05, 0.1) is 16.3 Å². The van der Waals surface area contributed by atoms with Gasteiger partial charge in [-0.25, -0.2) is 8.42 Å². The van der Waals surface area contributed by atoms with Crippen molar-refractivity contribution < 1.29 is 18.0 Å².